The normalized spacial score (nSPS) is 11.7. The number of ether oxygens (including phenoxy) is 1. The summed E-state index contributed by atoms with van der Waals surface area (Å²) in [5, 5.41) is 11.4. The van der Waals surface area contributed by atoms with Crippen LogP contribution in [0.1, 0.15) is 23.7 Å². The zero-order valence-corrected chi connectivity index (χ0v) is 11.0. The lowest BCUT2D eigenvalue weighted by Gasteiger charge is -2.10. The van der Waals surface area contributed by atoms with Crippen molar-refractivity contribution in [1.82, 2.24) is 5.32 Å². The molecule has 104 valence electrons. The van der Waals surface area contributed by atoms with Crippen molar-refractivity contribution in [2.45, 2.75) is 13.3 Å². The minimum atomic E-state index is -0.877. The van der Waals surface area contributed by atoms with Crippen molar-refractivity contribution < 1.29 is 19.4 Å². The summed E-state index contributed by atoms with van der Waals surface area (Å²) >= 11 is 0. The third-order valence-electron chi connectivity index (χ3n) is 2.79. The van der Waals surface area contributed by atoms with Crippen molar-refractivity contribution >= 4 is 17.6 Å². The van der Waals surface area contributed by atoms with Crippen molar-refractivity contribution in [3.8, 4) is 5.75 Å². The van der Waals surface area contributed by atoms with Gasteiger partial charge in [0, 0.05) is 18.3 Å². The number of anilines is 1. The second-order valence-electron chi connectivity index (χ2n) is 4.24. The van der Waals surface area contributed by atoms with Crippen LogP contribution in [0.3, 0.4) is 0 Å². The summed E-state index contributed by atoms with van der Waals surface area (Å²) in [6.07, 6.45) is 0.372. The lowest BCUT2D eigenvalue weighted by molar-refractivity contribution is -0.141. The van der Waals surface area contributed by atoms with E-state index >= 15 is 0 Å². The molecule has 0 spiro atoms. The predicted molar refractivity (Wildman–Crippen MR) is 71.2 cm³/mol. The molecule has 0 heterocycles. The summed E-state index contributed by atoms with van der Waals surface area (Å²) in [6, 6.07) is 4.78. The summed E-state index contributed by atoms with van der Waals surface area (Å²) in [5.74, 6) is -1.11. The SMILES string of the molecule is COc1ccc(C(=O)NCCC(C)C(=O)O)c(N)c1. The van der Waals surface area contributed by atoms with Gasteiger partial charge in [0.05, 0.1) is 18.6 Å². The van der Waals surface area contributed by atoms with Crippen LogP contribution in [0.5, 0.6) is 5.75 Å². The van der Waals surface area contributed by atoms with E-state index < -0.39 is 11.9 Å². The highest BCUT2D eigenvalue weighted by Crippen LogP contribution is 2.19. The Hall–Kier alpha value is -2.24. The lowest BCUT2D eigenvalue weighted by Crippen LogP contribution is -2.27. The number of carbonyl (C=O) groups excluding carboxylic acids is 1. The van der Waals surface area contributed by atoms with Crippen molar-refractivity contribution in [3.05, 3.63) is 23.8 Å². The van der Waals surface area contributed by atoms with Crippen LogP contribution in [0.4, 0.5) is 5.69 Å². The molecule has 1 unspecified atom stereocenters. The number of carboxylic acids is 1. The van der Waals surface area contributed by atoms with Crippen molar-refractivity contribution in [1.29, 1.82) is 0 Å². The Labute approximate surface area is 111 Å². The second kappa shape index (κ2) is 6.63. The minimum absolute atomic E-state index is 0.289. The van der Waals surface area contributed by atoms with Gasteiger partial charge in [0.2, 0.25) is 0 Å². The van der Waals surface area contributed by atoms with Gasteiger partial charge >= 0.3 is 5.97 Å². The number of aliphatic carboxylic acids is 1. The number of carboxylic acid groups (broad SMARTS) is 1. The molecule has 0 aliphatic heterocycles. The smallest absolute Gasteiger partial charge is 0.306 e. The highest BCUT2D eigenvalue weighted by atomic mass is 16.5. The van der Waals surface area contributed by atoms with Crippen LogP contribution < -0.4 is 15.8 Å². The topological polar surface area (TPSA) is 102 Å². The molecule has 0 saturated heterocycles. The van der Waals surface area contributed by atoms with Gasteiger partial charge in [-0.15, -0.1) is 0 Å². The van der Waals surface area contributed by atoms with Crippen LogP contribution >= 0.6 is 0 Å². The molecule has 0 radical (unpaired) electrons. The maximum Gasteiger partial charge on any atom is 0.306 e. The number of nitrogens with one attached hydrogen (secondary N) is 1. The average Bonchev–Trinajstić information content (AvgIpc) is 2.37. The maximum atomic E-state index is 11.8. The molecular weight excluding hydrogens is 248 g/mol. The van der Waals surface area contributed by atoms with E-state index in [-0.39, 0.29) is 12.5 Å². The molecule has 0 bridgehead atoms. The molecule has 1 aromatic rings. The standard InChI is InChI=1S/C13H18N2O4/c1-8(13(17)18)5-6-15-12(16)10-4-3-9(19-2)7-11(10)14/h3-4,7-8H,5-6,14H2,1-2H3,(H,15,16)(H,17,18). The monoisotopic (exact) mass is 266 g/mol. The molecule has 1 rings (SSSR count). The Morgan fingerprint density at radius 2 is 2.16 bits per heavy atom. The van der Waals surface area contributed by atoms with Gasteiger partial charge in [-0.1, -0.05) is 6.92 Å². The Balaban J connectivity index is 2.57. The van der Waals surface area contributed by atoms with E-state index in [2.05, 4.69) is 5.32 Å². The molecule has 0 aliphatic rings. The Morgan fingerprint density at radius 1 is 1.47 bits per heavy atom. The zero-order valence-electron chi connectivity index (χ0n) is 11.0. The molecule has 6 heteroatoms. The van der Waals surface area contributed by atoms with Gasteiger partial charge in [-0.3, -0.25) is 9.59 Å². The number of carbonyl (C=O) groups is 2. The van der Waals surface area contributed by atoms with Crippen LogP contribution in [0.15, 0.2) is 18.2 Å². The number of nitrogens with two attached hydrogens (primary N) is 1. The molecular formula is C13H18N2O4. The number of hydrogen-bond acceptors (Lipinski definition) is 4. The Kier molecular flexibility index (Phi) is 5.17. The number of rotatable bonds is 6. The van der Waals surface area contributed by atoms with E-state index in [0.29, 0.717) is 23.4 Å². The molecule has 4 N–H and O–H groups in total. The largest absolute Gasteiger partial charge is 0.497 e. The minimum Gasteiger partial charge on any atom is -0.497 e. The fourth-order valence-corrected chi connectivity index (χ4v) is 1.50. The first-order valence-electron chi connectivity index (χ1n) is 5.90. The van der Waals surface area contributed by atoms with Crippen LogP contribution in [0, 0.1) is 5.92 Å². The van der Waals surface area contributed by atoms with Gasteiger partial charge in [0.15, 0.2) is 0 Å². The fourth-order valence-electron chi connectivity index (χ4n) is 1.50. The quantitative estimate of drug-likeness (QED) is 0.670. The lowest BCUT2D eigenvalue weighted by atomic mass is 10.1. The average molecular weight is 266 g/mol. The van der Waals surface area contributed by atoms with E-state index in [9.17, 15) is 9.59 Å². The van der Waals surface area contributed by atoms with Gasteiger partial charge in [0.25, 0.3) is 5.91 Å². The predicted octanol–water partition coefficient (Wildman–Crippen LogP) is 1.12. The van der Waals surface area contributed by atoms with Crippen LogP contribution in [-0.4, -0.2) is 30.6 Å². The van der Waals surface area contributed by atoms with Gasteiger partial charge in [-0.2, -0.15) is 0 Å². The highest BCUT2D eigenvalue weighted by molar-refractivity contribution is 5.99. The van der Waals surface area contributed by atoms with Crippen molar-refractivity contribution in [3.63, 3.8) is 0 Å². The molecule has 0 fully saturated rings. The van der Waals surface area contributed by atoms with E-state index in [1.807, 2.05) is 0 Å². The number of amides is 1. The molecule has 1 aromatic carbocycles. The first-order valence-corrected chi connectivity index (χ1v) is 5.90. The molecule has 0 aliphatic carbocycles. The Morgan fingerprint density at radius 3 is 2.68 bits per heavy atom. The number of benzene rings is 1. The number of hydrogen-bond donors (Lipinski definition) is 3. The van der Waals surface area contributed by atoms with E-state index in [1.165, 1.54) is 7.11 Å². The number of nitrogen functional groups attached to an aromatic ring is 1. The summed E-state index contributed by atoms with van der Waals surface area (Å²) in [7, 11) is 1.52. The maximum absolute atomic E-state index is 11.8. The molecule has 1 atom stereocenters. The third-order valence-corrected chi connectivity index (χ3v) is 2.79. The molecule has 1 amide bonds. The Bertz CT molecular complexity index is 474. The van der Waals surface area contributed by atoms with Gasteiger partial charge in [0.1, 0.15) is 5.75 Å². The van der Waals surface area contributed by atoms with Crippen molar-refractivity contribution in [2.24, 2.45) is 5.92 Å². The van der Waals surface area contributed by atoms with E-state index in [0.717, 1.165) is 0 Å². The first kappa shape index (κ1) is 14.8. The summed E-state index contributed by atoms with van der Waals surface area (Å²) in [6.45, 7) is 1.88. The second-order valence-corrected chi connectivity index (χ2v) is 4.24. The molecule has 19 heavy (non-hydrogen) atoms. The first-order chi connectivity index (χ1) is 8.95. The third kappa shape index (κ3) is 4.17. The molecule has 0 saturated carbocycles. The van der Waals surface area contributed by atoms with Crippen molar-refractivity contribution in [2.75, 3.05) is 19.4 Å². The zero-order chi connectivity index (χ0) is 14.4. The molecule has 6 nitrogen and oxygen atoms in total. The van der Waals surface area contributed by atoms with Gasteiger partial charge in [-0.05, 0) is 18.6 Å². The highest BCUT2D eigenvalue weighted by Gasteiger charge is 2.13. The summed E-state index contributed by atoms with van der Waals surface area (Å²) in [5.41, 5.74) is 6.42. The summed E-state index contributed by atoms with van der Waals surface area (Å²) < 4.78 is 4.99. The van der Waals surface area contributed by atoms with Crippen LogP contribution in [0.25, 0.3) is 0 Å². The summed E-state index contributed by atoms with van der Waals surface area (Å²) in [4.78, 5) is 22.5. The van der Waals surface area contributed by atoms with Crippen LogP contribution in [-0.2, 0) is 4.79 Å². The van der Waals surface area contributed by atoms with E-state index in [1.54, 1.807) is 25.1 Å². The fraction of sp³-hybridized carbons (Fsp3) is 0.385. The van der Waals surface area contributed by atoms with E-state index in [4.69, 9.17) is 15.6 Å². The van der Waals surface area contributed by atoms with Gasteiger partial charge < -0.3 is 20.9 Å². The molecule has 0 aromatic heterocycles. The number of methoxy groups -OCH3 is 1. The van der Waals surface area contributed by atoms with Crippen LogP contribution in [0.2, 0.25) is 0 Å². The van der Waals surface area contributed by atoms with Gasteiger partial charge in [-0.25, -0.2) is 0 Å².